The molecule has 3 aliphatic rings. The van der Waals surface area contributed by atoms with Crippen molar-refractivity contribution in [3.8, 4) is 28.4 Å². The molecule has 4 aromatic rings. The summed E-state index contributed by atoms with van der Waals surface area (Å²) in [4.78, 5) is 9.37. The summed E-state index contributed by atoms with van der Waals surface area (Å²) in [5.74, 6) is 1.54. The van der Waals surface area contributed by atoms with Crippen molar-refractivity contribution in [2.75, 3.05) is 11.4 Å². The Hall–Kier alpha value is -3.83. The zero-order chi connectivity index (χ0) is 24.8. The number of hydrogen-bond acceptors (Lipinski definition) is 5. The van der Waals surface area contributed by atoms with Gasteiger partial charge in [0.1, 0.15) is 0 Å². The van der Waals surface area contributed by atoms with Crippen molar-refractivity contribution >= 4 is 11.4 Å². The maximum Gasteiger partial charge on any atom is 0.192 e. The minimum Gasteiger partial charge on any atom is -0.504 e. The second kappa shape index (κ2) is 9.24. The second-order valence-electron chi connectivity index (χ2n) is 10.5. The van der Waals surface area contributed by atoms with Crippen molar-refractivity contribution in [1.82, 2.24) is 9.88 Å². The molecule has 1 aromatic heterocycles. The van der Waals surface area contributed by atoms with Crippen LogP contribution in [0.25, 0.3) is 11.1 Å². The SMILES string of the molecule is Oc1cccc2c1Oc1cc(-c3ccncc3)ccc1N2C1C[C@H]2CC[C@@H](C1)N2CCc1ccccc1. The summed E-state index contributed by atoms with van der Waals surface area (Å²) in [5, 5.41) is 10.8. The lowest BCUT2D eigenvalue weighted by atomic mass is 9.93. The highest BCUT2D eigenvalue weighted by molar-refractivity contribution is 5.83. The molecule has 0 radical (unpaired) electrons. The third kappa shape index (κ3) is 4.04. The largest absolute Gasteiger partial charge is 0.504 e. The molecule has 5 heteroatoms. The van der Waals surface area contributed by atoms with Crippen LogP contribution in [0.3, 0.4) is 0 Å². The Labute approximate surface area is 218 Å². The number of pyridine rings is 1. The number of para-hydroxylation sites is 1. The number of benzene rings is 3. The van der Waals surface area contributed by atoms with Crippen LogP contribution in [0.1, 0.15) is 31.2 Å². The number of ether oxygens (including phenoxy) is 1. The molecular weight excluding hydrogens is 458 g/mol. The molecule has 186 valence electrons. The van der Waals surface area contributed by atoms with E-state index < -0.39 is 0 Å². The highest BCUT2D eigenvalue weighted by atomic mass is 16.5. The molecule has 0 spiro atoms. The predicted molar refractivity (Wildman–Crippen MR) is 147 cm³/mol. The van der Waals surface area contributed by atoms with Crippen molar-refractivity contribution < 1.29 is 9.84 Å². The first-order chi connectivity index (χ1) is 18.2. The molecule has 37 heavy (non-hydrogen) atoms. The second-order valence-corrected chi connectivity index (χ2v) is 10.5. The first-order valence-corrected chi connectivity index (χ1v) is 13.4. The van der Waals surface area contributed by atoms with Crippen LogP contribution >= 0.6 is 0 Å². The standard InChI is InChI=1S/C32H31N3O2/c36-30-8-4-7-29-32(30)37-31-19-24(23-13-16-33-17-14-23)9-12-28(31)35(29)27-20-25-10-11-26(21-27)34(25)18-15-22-5-2-1-3-6-22/h1-9,12-14,16-17,19,25-27,36H,10-11,15,18,20-21H2/t25-,26+,27?. The van der Waals surface area contributed by atoms with E-state index in [2.05, 4.69) is 69.4 Å². The van der Waals surface area contributed by atoms with E-state index in [0.717, 1.165) is 54.1 Å². The van der Waals surface area contributed by atoms with E-state index >= 15 is 0 Å². The van der Waals surface area contributed by atoms with Crippen molar-refractivity contribution in [2.24, 2.45) is 0 Å². The van der Waals surface area contributed by atoms with Crippen LogP contribution < -0.4 is 9.64 Å². The molecule has 2 bridgehead atoms. The van der Waals surface area contributed by atoms with E-state index in [1.54, 1.807) is 6.07 Å². The summed E-state index contributed by atoms with van der Waals surface area (Å²) in [6, 6.07) is 28.6. The Balaban J connectivity index is 1.20. The summed E-state index contributed by atoms with van der Waals surface area (Å²) < 4.78 is 6.35. The number of nitrogens with zero attached hydrogens (tertiary/aromatic N) is 3. The van der Waals surface area contributed by atoms with Gasteiger partial charge in [-0.25, -0.2) is 0 Å². The average Bonchev–Trinajstić information content (AvgIpc) is 3.18. The molecule has 7 rings (SSSR count). The van der Waals surface area contributed by atoms with E-state index in [1.807, 2.05) is 30.6 Å². The zero-order valence-electron chi connectivity index (χ0n) is 20.8. The smallest absolute Gasteiger partial charge is 0.192 e. The number of piperidine rings is 1. The minimum atomic E-state index is 0.186. The van der Waals surface area contributed by atoms with Crippen molar-refractivity contribution in [2.45, 2.75) is 50.2 Å². The molecule has 1 N–H and O–H groups in total. The van der Waals surface area contributed by atoms with E-state index in [9.17, 15) is 5.11 Å². The van der Waals surface area contributed by atoms with Gasteiger partial charge in [-0.1, -0.05) is 42.5 Å². The zero-order valence-corrected chi connectivity index (χ0v) is 20.8. The molecule has 1 unspecified atom stereocenters. The minimum absolute atomic E-state index is 0.186. The molecule has 2 saturated heterocycles. The number of aromatic hydroxyl groups is 1. The first-order valence-electron chi connectivity index (χ1n) is 13.4. The summed E-state index contributed by atoms with van der Waals surface area (Å²) in [6.07, 6.45) is 9.49. The van der Waals surface area contributed by atoms with Crippen molar-refractivity contribution in [3.63, 3.8) is 0 Å². The van der Waals surface area contributed by atoms with Crippen LogP contribution in [0.2, 0.25) is 0 Å². The van der Waals surface area contributed by atoms with Crippen LogP contribution in [0, 0.1) is 0 Å². The van der Waals surface area contributed by atoms with Crippen LogP contribution in [0.5, 0.6) is 17.2 Å². The molecule has 2 fully saturated rings. The number of anilines is 2. The molecule has 3 aliphatic heterocycles. The average molecular weight is 490 g/mol. The van der Waals surface area contributed by atoms with Gasteiger partial charge in [-0.2, -0.15) is 0 Å². The molecule has 3 aromatic carbocycles. The molecule has 0 aliphatic carbocycles. The Bertz CT molecular complexity index is 1390. The molecular formula is C32H31N3O2. The van der Waals surface area contributed by atoms with Gasteiger partial charge in [0.05, 0.1) is 11.4 Å². The Morgan fingerprint density at radius 2 is 1.57 bits per heavy atom. The highest BCUT2D eigenvalue weighted by Gasteiger charge is 2.44. The first kappa shape index (κ1) is 22.4. The van der Waals surface area contributed by atoms with Gasteiger partial charge in [0.25, 0.3) is 0 Å². The normalized spacial score (nSPS) is 22.3. The molecule has 0 amide bonds. The summed E-state index contributed by atoms with van der Waals surface area (Å²) >= 11 is 0. The molecule has 3 atom stereocenters. The van der Waals surface area contributed by atoms with Gasteiger partial charge in [-0.3, -0.25) is 9.88 Å². The fourth-order valence-corrected chi connectivity index (χ4v) is 6.68. The van der Waals surface area contributed by atoms with Crippen LogP contribution in [0.4, 0.5) is 11.4 Å². The number of phenolic OH excluding ortho intramolecular Hbond substituents is 1. The summed E-state index contributed by atoms with van der Waals surface area (Å²) in [5.41, 5.74) is 5.64. The number of hydrogen-bond donors (Lipinski definition) is 1. The predicted octanol–water partition coefficient (Wildman–Crippen LogP) is 6.94. The third-order valence-electron chi connectivity index (χ3n) is 8.40. The fourth-order valence-electron chi connectivity index (χ4n) is 6.68. The molecule has 0 saturated carbocycles. The maximum atomic E-state index is 10.8. The Kier molecular flexibility index (Phi) is 5.59. The van der Waals surface area contributed by atoms with Crippen LogP contribution in [-0.2, 0) is 6.42 Å². The van der Waals surface area contributed by atoms with Crippen LogP contribution in [0.15, 0.2) is 91.3 Å². The van der Waals surface area contributed by atoms with Crippen LogP contribution in [-0.4, -0.2) is 39.7 Å². The topological polar surface area (TPSA) is 48.8 Å². The molecule has 4 heterocycles. The van der Waals surface area contributed by atoms with Gasteiger partial charge < -0.3 is 14.7 Å². The van der Waals surface area contributed by atoms with Crippen molar-refractivity contribution in [1.29, 1.82) is 0 Å². The lowest BCUT2D eigenvalue weighted by Gasteiger charge is -2.46. The summed E-state index contributed by atoms with van der Waals surface area (Å²) in [7, 11) is 0. The van der Waals surface area contributed by atoms with Gasteiger partial charge in [0, 0.05) is 37.1 Å². The van der Waals surface area contributed by atoms with Gasteiger partial charge in [-0.05, 0) is 85.2 Å². The monoisotopic (exact) mass is 489 g/mol. The van der Waals surface area contributed by atoms with E-state index in [1.165, 1.54) is 18.4 Å². The van der Waals surface area contributed by atoms with E-state index in [4.69, 9.17) is 4.74 Å². The van der Waals surface area contributed by atoms with Crippen molar-refractivity contribution in [3.05, 3.63) is 96.8 Å². The van der Waals surface area contributed by atoms with Gasteiger partial charge in [-0.15, -0.1) is 0 Å². The lowest BCUT2D eigenvalue weighted by molar-refractivity contribution is 0.129. The number of phenols is 1. The Morgan fingerprint density at radius 3 is 2.35 bits per heavy atom. The van der Waals surface area contributed by atoms with Gasteiger partial charge in [0.2, 0.25) is 0 Å². The van der Waals surface area contributed by atoms with Gasteiger partial charge in [0.15, 0.2) is 17.2 Å². The highest BCUT2D eigenvalue weighted by Crippen LogP contribution is 2.54. The number of fused-ring (bicyclic) bond motifs is 4. The van der Waals surface area contributed by atoms with E-state index in [0.29, 0.717) is 23.9 Å². The molecule has 5 nitrogen and oxygen atoms in total. The Morgan fingerprint density at radius 1 is 0.784 bits per heavy atom. The lowest BCUT2D eigenvalue weighted by Crippen LogP contribution is -2.50. The quantitative estimate of drug-likeness (QED) is 0.329. The summed E-state index contributed by atoms with van der Waals surface area (Å²) in [6.45, 7) is 1.12. The third-order valence-corrected chi connectivity index (χ3v) is 8.40. The fraction of sp³-hybridized carbons (Fsp3) is 0.281. The number of rotatable bonds is 5. The van der Waals surface area contributed by atoms with Gasteiger partial charge >= 0.3 is 0 Å². The van der Waals surface area contributed by atoms with E-state index in [-0.39, 0.29) is 5.75 Å². The number of aromatic nitrogens is 1. The maximum absolute atomic E-state index is 10.8.